The normalized spacial score (nSPS) is 12.3. The highest BCUT2D eigenvalue weighted by Crippen LogP contribution is 2.20. The van der Waals surface area contributed by atoms with E-state index >= 15 is 0 Å². The van der Waals surface area contributed by atoms with Crippen LogP contribution in [0, 0.1) is 0 Å². The SMILES string of the molecule is CCC(C(=O)NC(C)(C)C)N(Cc1ccccc1)C(=O)CCSc1ccccc1. The van der Waals surface area contributed by atoms with E-state index in [1.54, 1.807) is 16.7 Å². The largest absolute Gasteiger partial charge is 0.350 e. The fraction of sp³-hybridized carbons (Fsp3) is 0.417. The van der Waals surface area contributed by atoms with Crippen LogP contribution in [0.2, 0.25) is 0 Å². The van der Waals surface area contributed by atoms with Crippen molar-refractivity contribution in [3.8, 4) is 0 Å². The van der Waals surface area contributed by atoms with Crippen LogP contribution < -0.4 is 5.32 Å². The summed E-state index contributed by atoms with van der Waals surface area (Å²) in [5, 5.41) is 3.04. The van der Waals surface area contributed by atoms with Crippen molar-refractivity contribution in [2.24, 2.45) is 0 Å². The first-order valence-electron chi connectivity index (χ1n) is 10.1. The molecular formula is C24H32N2O2S. The Balaban J connectivity index is 2.11. The first-order chi connectivity index (χ1) is 13.8. The lowest BCUT2D eigenvalue weighted by Crippen LogP contribution is -2.53. The summed E-state index contributed by atoms with van der Waals surface area (Å²) in [6.45, 7) is 8.26. The average molecular weight is 413 g/mol. The molecule has 0 aliphatic carbocycles. The number of hydrogen-bond donors (Lipinski definition) is 1. The van der Waals surface area contributed by atoms with Crippen LogP contribution in [0.1, 0.15) is 46.1 Å². The lowest BCUT2D eigenvalue weighted by atomic mass is 10.1. The minimum atomic E-state index is -0.483. The molecular weight excluding hydrogens is 380 g/mol. The van der Waals surface area contributed by atoms with Crippen LogP contribution in [0.3, 0.4) is 0 Å². The zero-order chi connectivity index (χ0) is 21.3. The minimum Gasteiger partial charge on any atom is -0.350 e. The standard InChI is InChI=1S/C24H32N2O2S/c1-5-21(23(28)25-24(2,3)4)26(18-19-12-8-6-9-13-19)22(27)16-17-29-20-14-10-7-11-15-20/h6-15,21H,5,16-18H2,1-4H3,(H,25,28). The lowest BCUT2D eigenvalue weighted by molar-refractivity contribution is -0.141. The van der Waals surface area contributed by atoms with E-state index < -0.39 is 6.04 Å². The van der Waals surface area contributed by atoms with E-state index in [0.29, 0.717) is 25.1 Å². The molecule has 0 bridgehead atoms. The Bertz CT molecular complexity index is 772. The molecule has 2 aromatic rings. The molecule has 2 amide bonds. The smallest absolute Gasteiger partial charge is 0.243 e. The van der Waals surface area contributed by atoms with Crippen LogP contribution in [-0.4, -0.2) is 34.0 Å². The van der Waals surface area contributed by atoms with Crippen molar-refractivity contribution >= 4 is 23.6 Å². The molecule has 0 aromatic heterocycles. The molecule has 2 aromatic carbocycles. The van der Waals surface area contributed by atoms with Crippen LogP contribution in [0.15, 0.2) is 65.6 Å². The number of amides is 2. The van der Waals surface area contributed by atoms with E-state index in [9.17, 15) is 9.59 Å². The van der Waals surface area contributed by atoms with Gasteiger partial charge in [-0.2, -0.15) is 0 Å². The molecule has 0 spiro atoms. The summed E-state index contributed by atoms with van der Waals surface area (Å²) in [5.41, 5.74) is 0.688. The van der Waals surface area contributed by atoms with Crippen molar-refractivity contribution < 1.29 is 9.59 Å². The van der Waals surface area contributed by atoms with Gasteiger partial charge in [-0.05, 0) is 44.9 Å². The molecule has 0 aliphatic heterocycles. The van der Waals surface area contributed by atoms with Crippen molar-refractivity contribution in [2.45, 2.75) is 63.6 Å². The first kappa shape index (κ1) is 23.0. The summed E-state index contributed by atoms with van der Waals surface area (Å²) in [6, 6.07) is 19.4. The van der Waals surface area contributed by atoms with Gasteiger partial charge in [0.15, 0.2) is 0 Å². The molecule has 1 N–H and O–H groups in total. The maximum atomic E-state index is 13.1. The van der Waals surface area contributed by atoms with Gasteiger partial charge in [0.25, 0.3) is 0 Å². The fourth-order valence-corrected chi connectivity index (χ4v) is 3.93. The van der Waals surface area contributed by atoms with E-state index in [4.69, 9.17) is 0 Å². The number of carbonyl (C=O) groups is 2. The summed E-state index contributed by atoms with van der Waals surface area (Å²) in [4.78, 5) is 28.9. The van der Waals surface area contributed by atoms with Gasteiger partial charge in [0.2, 0.25) is 11.8 Å². The van der Waals surface area contributed by atoms with Crippen molar-refractivity contribution in [3.05, 3.63) is 66.2 Å². The van der Waals surface area contributed by atoms with Gasteiger partial charge in [-0.25, -0.2) is 0 Å². The van der Waals surface area contributed by atoms with Crippen LogP contribution in [0.5, 0.6) is 0 Å². The fourth-order valence-electron chi connectivity index (χ4n) is 3.07. The van der Waals surface area contributed by atoms with Gasteiger partial charge < -0.3 is 10.2 Å². The summed E-state index contributed by atoms with van der Waals surface area (Å²) in [7, 11) is 0. The Morgan fingerprint density at radius 2 is 1.59 bits per heavy atom. The molecule has 29 heavy (non-hydrogen) atoms. The molecule has 156 valence electrons. The van der Waals surface area contributed by atoms with Crippen LogP contribution in [-0.2, 0) is 16.1 Å². The molecule has 0 aliphatic rings. The Labute approximate surface area is 179 Å². The predicted octanol–water partition coefficient (Wildman–Crippen LogP) is 4.89. The third-order valence-corrected chi connectivity index (χ3v) is 5.42. The molecule has 0 heterocycles. The van der Waals surface area contributed by atoms with Crippen LogP contribution in [0.25, 0.3) is 0 Å². The highest BCUT2D eigenvalue weighted by atomic mass is 32.2. The Kier molecular flexibility index (Phi) is 8.77. The third-order valence-electron chi connectivity index (χ3n) is 4.41. The number of nitrogens with one attached hydrogen (secondary N) is 1. The second-order valence-electron chi connectivity index (χ2n) is 8.08. The van der Waals surface area contributed by atoms with E-state index in [2.05, 4.69) is 5.32 Å². The predicted molar refractivity (Wildman–Crippen MR) is 121 cm³/mol. The zero-order valence-electron chi connectivity index (χ0n) is 17.9. The van der Waals surface area contributed by atoms with Gasteiger partial charge in [-0.15, -0.1) is 11.8 Å². The molecule has 0 saturated carbocycles. The van der Waals surface area contributed by atoms with Gasteiger partial charge in [0, 0.05) is 29.2 Å². The number of hydrogen-bond acceptors (Lipinski definition) is 3. The monoisotopic (exact) mass is 412 g/mol. The van der Waals surface area contributed by atoms with Crippen molar-refractivity contribution in [1.82, 2.24) is 10.2 Å². The van der Waals surface area contributed by atoms with E-state index in [-0.39, 0.29) is 17.4 Å². The quantitative estimate of drug-likeness (QED) is 0.597. The van der Waals surface area contributed by atoms with E-state index in [1.807, 2.05) is 88.4 Å². The number of benzene rings is 2. The van der Waals surface area contributed by atoms with Gasteiger partial charge in [-0.1, -0.05) is 55.5 Å². The first-order valence-corrected chi connectivity index (χ1v) is 11.1. The number of thioether (sulfide) groups is 1. The van der Waals surface area contributed by atoms with E-state index in [0.717, 1.165) is 10.5 Å². The highest BCUT2D eigenvalue weighted by molar-refractivity contribution is 7.99. The summed E-state index contributed by atoms with van der Waals surface area (Å²) in [6.07, 6.45) is 0.970. The van der Waals surface area contributed by atoms with Gasteiger partial charge in [-0.3, -0.25) is 9.59 Å². The number of nitrogens with zero attached hydrogens (tertiary/aromatic N) is 1. The Hall–Kier alpha value is -2.27. The molecule has 0 radical (unpaired) electrons. The van der Waals surface area contributed by atoms with Gasteiger partial charge >= 0.3 is 0 Å². The lowest BCUT2D eigenvalue weighted by Gasteiger charge is -2.33. The molecule has 0 fully saturated rings. The van der Waals surface area contributed by atoms with Crippen molar-refractivity contribution in [2.75, 3.05) is 5.75 Å². The summed E-state index contributed by atoms with van der Waals surface area (Å²) < 4.78 is 0. The summed E-state index contributed by atoms with van der Waals surface area (Å²) >= 11 is 1.66. The molecule has 4 nitrogen and oxygen atoms in total. The van der Waals surface area contributed by atoms with Crippen LogP contribution in [0.4, 0.5) is 0 Å². The molecule has 1 atom stereocenters. The third kappa shape index (κ3) is 7.94. The molecule has 5 heteroatoms. The second-order valence-corrected chi connectivity index (χ2v) is 9.25. The second kappa shape index (κ2) is 11.1. The average Bonchev–Trinajstić information content (AvgIpc) is 2.68. The zero-order valence-corrected chi connectivity index (χ0v) is 18.7. The maximum Gasteiger partial charge on any atom is 0.243 e. The molecule has 1 unspecified atom stereocenters. The highest BCUT2D eigenvalue weighted by Gasteiger charge is 2.30. The Morgan fingerprint density at radius 1 is 1.00 bits per heavy atom. The Morgan fingerprint density at radius 3 is 2.14 bits per heavy atom. The van der Waals surface area contributed by atoms with Crippen molar-refractivity contribution in [3.63, 3.8) is 0 Å². The van der Waals surface area contributed by atoms with Gasteiger partial charge in [0.1, 0.15) is 6.04 Å². The topological polar surface area (TPSA) is 49.4 Å². The van der Waals surface area contributed by atoms with E-state index in [1.165, 1.54) is 0 Å². The summed E-state index contributed by atoms with van der Waals surface area (Å²) in [5.74, 6) is 0.596. The van der Waals surface area contributed by atoms with Crippen LogP contribution >= 0.6 is 11.8 Å². The van der Waals surface area contributed by atoms with Crippen molar-refractivity contribution in [1.29, 1.82) is 0 Å². The molecule has 2 rings (SSSR count). The molecule has 0 saturated heterocycles. The maximum absolute atomic E-state index is 13.1. The van der Waals surface area contributed by atoms with Gasteiger partial charge in [0.05, 0.1) is 0 Å². The number of carbonyl (C=O) groups excluding carboxylic acids is 2. The minimum absolute atomic E-state index is 0.00759. The number of rotatable bonds is 9.